The van der Waals surface area contributed by atoms with Crippen molar-refractivity contribution in [1.82, 2.24) is 9.88 Å². The maximum absolute atomic E-state index is 12.3. The Morgan fingerprint density at radius 1 is 1.22 bits per heavy atom. The van der Waals surface area contributed by atoms with Crippen molar-refractivity contribution in [3.05, 3.63) is 60.3 Å². The second-order valence-electron chi connectivity index (χ2n) is 5.51. The Kier molecular flexibility index (Phi) is 5.53. The highest BCUT2D eigenvalue weighted by atomic mass is 32.2. The number of carbonyl (C=O) groups excluding carboxylic acids is 1. The zero-order valence-electron chi connectivity index (χ0n) is 12.9. The summed E-state index contributed by atoms with van der Waals surface area (Å²) in [4.78, 5) is 18.3. The number of ether oxygens (including phenoxy) is 1. The molecule has 0 radical (unpaired) electrons. The molecule has 2 heterocycles. The van der Waals surface area contributed by atoms with E-state index >= 15 is 0 Å². The largest absolute Gasteiger partial charge is 0.472 e. The number of amides is 1. The van der Waals surface area contributed by atoms with Crippen LogP contribution < -0.4 is 4.74 Å². The van der Waals surface area contributed by atoms with E-state index in [9.17, 15) is 4.79 Å². The zero-order valence-corrected chi connectivity index (χ0v) is 13.7. The van der Waals surface area contributed by atoms with Crippen LogP contribution in [0.25, 0.3) is 0 Å². The van der Waals surface area contributed by atoms with Crippen molar-refractivity contribution in [1.29, 1.82) is 0 Å². The van der Waals surface area contributed by atoms with Crippen LogP contribution >= 0.6 is 11.8 Å². The number of thioether (sulfide) groups is 1. The Labute approximate surface area is 140 Å². The van der Waals surface area contributed by atoms with Crippen LogP contribution in [0.4, 0.5) is 0 Å². The topological polar surface area (TPSA) is 42.4 Å². The second kappa shape index (κ2) is 8.02. The van der Waals surface area contributed by atoms with Gasteiger partial charge in [0.15, 0.2) is 0 Å². The van der Waals surface area contributed by atoms with Gasteiger partial charge in [0.05, 0.1) is 12.3 Å². The third kappa shape index (κ3) is 4.73. The van der Waals surface area contributed by atoms with Gasteiger partial charge in [0.2, 0.25) is 11.8 Å². The quantitative estimate of drug-likeness (QED) is 0.817. The molecular formula is C18H20N2O2S. The first-order chi connectivity index (χ1) is 11.3. The number of hydrogen-bond acceptors (Lipinski definition) is 4. The van der Waals surface area contributed by atoms with Crippen LogP contribution in [0.15, 0.2) is 54.7 Å². The molecule has 1 amide bonds. The van der Waals surface area contributed by atoms with E-state index in [4.69, 9.17) is 4.74 Å². The lowest BCUT2D eigenvalue weighted by Crippen LogP contribution is -2.32. The molecule has 1 aromatic carbocycles. The maximum atomic E-state index is 12.3. The lowest BCUT2D eigenvalue weighted by molar-refractivity contribution is -0.127. The van der Waals surface area contributed by atoms with Crippen LogP contribution in [-0.4, -0.2) is 40.7 Å². The predicted molar refractivity (Wildman–Crippen MR) is 92.5 cm³/mol. The minimum absolute atomic E-state index is 0.0490. The standard InChI is InChI=1S/C18H20N2O2S/c21-18(14-23-13-15-6-2-1-3-7-15)20-11-9-16(12-20)22-17-8-4-5-10-19-17/h1-8,10,16H,9,11-14H2. The Morgan fingerprint density at radius 3 is 2.83 bits per heavy atom. The third-order valence-electron chi connectivity index (χ3n) is 3.76. The average Bonchev–Trinajstić information content (AvgIpc) is 3.05. The van der Waals surface area contributed by atoms with Crippen LogP contribution in [0.5, 0.6) is 5.88 Å². The lowest BCUT2D eigenvalue weighted by Gasteiger charge is -2.16. The Bertz CT molecular complexity index is 621. The molecular weight excluding hydrogens is 308 g/mol. The van der Waals surface area contributed by atoms with E-state index in [1.54, 1.807) is 18.0 Å². The van der Waals surface area contributed by atoms with Crippen molar-refractivity contribution < 1.29 is 9.53 Å². The predicted octanol–water partition coefficient (Wildman–Crippen LogP) is 2.99. The molecule has 0 spiro atoms. The van der Waals surface area contributed by atoms with Gasteiger partial charge in [-0.1, -0.05) is 36.4 Å². The van der Waals surface area contributed by atoms with Gasteiger partial charge >= 0.3 is 0 Å². The smallest absolute Gasteiger partial charge is 0.232 e. The van der Waals surface area contributed by atoms with Gasteiger partial charge in [-0.25, -0.2) is 4.98 Å². The van der Waals surface area contributed by atoms with Gasteiger partial charge in [0.1, 0.15) is 6.10 Å². The van der Waals surface area contributed by atoms with Gasteiger partial charge in [-0.05, 0) is 11.6 Å². The van der Waals surface area contributed by atoms with E-state index in [0.29, 0.717) is 18.2 Å². The summed E-state index contributed by atoms with van der Waals surface area (Å²) in [7, 11) is 0. The summed E-state index contributed by atoms with van der Waals surface area (Å²) in [6, 6.07) is 15.8. The fourth-order valence-electron chi connectivity index (χ4n) is 2.56. The summed E-state index contributed by atoms with van der Waals surface area (Å²) in [6.07, 6.45) is 2.63. The number of carbonyl (C=O) groups is 1. The molecule has 0 saturated carbocycles. The SMILES string of the molecule is O=C(CSCc1ccccc1)N1CCC(Oc2ccccn2)C1. The molecule has 1 fully saturated rings. The highest BCUT2D eigenvalue weighted by Gasteiger charge is 2.27. The molecule has 23 heavy (non-hydrogen) atoms. The van der Waals surface area contributed by atoms with E-state index < -0.39 is 0 Å². The molecule has 1 aliphatic heterocycles. The number of hydrogen-bond donors (Lipinski definition) is 0. The lowest BCUT2D eigenvalue weighted by atomic mass is 10.2. The number of nitrogens with zero attached hydrogens (tertiary/aromatic N) is 2. The number of rotatable bonds is 6. The Balaban J connectivity index is 1.41. The number of pyridine rings is 1. The van der Waals surface area contributed by atoms with Crippen LogP contribution in [0.2, 0.25) is 0 Å². The van der Waals surface area contributed by atoms with Crippen LogP contribution in [0, 0.1) is 0 Å². The first kappa shape index (κ1) is 15.9. The third-order valence-corrected chi connectivity index (χ3v) is 4.75. The molecule has 1 unspecified atom stereocenters. The van der Waals surface area contributed by atoms with Crippen molar-refractivity contribution in [2.45, 2.75) is 18.3 Å². The van der Waals surface area contributed by atoms with Crippen LogP contribution in [0.1, 0.15) is 12.0 Å². The van der Waals surface area contributed by atoms with Gasteiger partial charge in [-0.3, -0.25) is 4.79 Å². The van der Waals surface area contributed by atoms with Crippen molar-refractivity contribution in [2.75, 3.05) is 18.8 Å². The fraction of sp³-hybridized carbons (Fsp3) is 0.333. The van der Waals surface area contributed by atoms with Gasteiger partial charge in [-0.15, -0.1) is 11.8 Å². The van der Waals surface area contributed by atoms with Crippen molar-refractivity contribution in [2.24, 2.45) is 0 Å². The fourth-order valence-corrected chi connectivity index (χ4v) is 3.45. The molecule has 120 valence electrons. The molecule has 1 aromatic heterocycles. The summed E-state index contributed by atoms with van der Waals surface area (Å²) in [5, 5.41) is 0. The Hall–Kier alpha value is -2.01. The maximum Gasteiger partial charge on any atom is 0.232 e. The highest BCUT2D eigenvalue weighted by Crippen LogP contribution is 2.18. The molecule has 1 aliphatic rings. The molecule has 1 atom stereocenters. The summed E-state index contributed by atoms with van der Waals surface area (Å²) < 4.78 is 5.82. The van der Waals surface area contributed by atoms with Crippen LogP contribution in [-0.2, 0) is 10.5 Å². The Morgan fingerprint density at radius 2 is 2.04 bits per heavy atom. The van der Waals surface area contributed by atoms with E-state index in [2.05, 4.69) is 17.1 Å². The summed E-state index contributed by atoms with van der Waals surface area (Å²) in [5.41, 5.74) is 1.25. The summed E-state index contributed by atoms with van der Waals surface area (Å²) >= 11 is 1.66. The molecule has 5 heteroatoms. The van der Waals surface area contributed by atoms with Crippen molar-refractivity contribution >= 4 is 17.7 Å². The van der Waals surface area contributed by atoms with Crippen LogP contribution in [0.3, 0.4) is 0 Å². The second-order valence-corrected chi connectivity index (χ2v) is 6.50. The molecule has 2 aromatic rings. The van der Waals surface area contributed by atoms with Gasteiger partial charge in [0.25, 0.3) is 0 Å². The highest BCUT2D eigenvalue weighted by molar-refractivity contribution is 7.99. The molecule has 0 N–H and O–H groups in total. The summed E-state index contributed by atoms with van der Waals surface area (Å²) in [5.74, 6) is 2.21. The first-order valence-corrected chi connectivity index (χ1v) is 8.94. The van der Waals surface area contributed by atoms with E-state index in [0.717, 1.165) is 18.7 Å². The molecule has 4 nitrogen and oxygen atoms in total. The van der Waals surface area contributed by atoms with Gasteiger partial charge < -0.3 is 9.64 Å². The van der Waals surface area contributed by atoms with E-state index in [1.807, 2.05) is 41.3 Å². The van der Waals surface area contributed by atoms with Gasteiger partial charge in [-0.2, -0.15) is 0 Å². The minimum atomic E-state index is 0.0490. The van der Waals surface area contributed by atoms with Crippen molar-refractivity contribution in [3.63, 3.8) is 0 Å². The number of benzene rings is 1. The van der Waals surface area contributed by atoms with Gasteiger partial charge in [0, 0.05) is 31.0 Å². The molecule has 3 rings (SSSR count). The normalized spacial score (nSPS) is 17.2. The minimum Gasteiger partial charge on any atom is -0.472 e. The summed E-state index contributed by atoms with van der Waals surface area (Å²) in [6.45, 7) is 1.42. The van der Waals surface area contributed by atoms with E-state index in [-0.39, 0.29) is 12.0 Å². The first-order valence-electron chi connectivity index (χ1n) is 7.78. The van der Waals surface area contributed by atoms with Crippen molar-refractivity contribution in [3.8, 4) is 5.88 Å². The van der Waals surface area contributed by atoms with E-state index in [1.165, 1.54) is 5.56 Å². The molecule has 0 bridgehead atoms. The number of likely N-dealkylation sites (tertiary alicyclic amines) is 1. The monoisotopic (exact) mass is 328 g/mol. The average molecular weight is 328 g/mol. The zero-order chi connectivity index (χ0) is 15.9. The number of aromatic nitrogens is 1. The molecule has 1 saturated heterocycles. The molecule has 0 aliphatic carbocycles.